The van der Waals surface area contributed by atoms with Crippen molar-refractivity contribution in [3.8, 4) is 0 Å². The van der Waals surface area contributed by atoms with Crippen LogP contribution in [0.15, 0.2) is 0 Å². The van der Waals surface area contributed by atoms with Crippen LogP contribution in [0.5, 0.6) is 0 Å². The van der Waals surface area contributed by atoms with E-state index in [1.54, 1.807) is 16.7 Å². The highest BCUT2D eigenvalue weighted by Gasteiger charge is 2.39. The smallest absolute Gasteiger partial charge is 0.308 e. The summed E-state index contributed by atoms with van der Waals surface area (Å²) in [5.74, 6) is -2.13. The topological polar surface area (TPSA) is 104 Å². The van der Waals surface area contributed by atoms with Gasteiger partial charge in [-0.3, -0.25) is 19.2 Å². The number of aliphatic carboxylic acids is 1. The zero-order chi connectivity index (χ0) is 17.7. The van der Waals surface area contributed by atoms with E-state index in [-0.39, 0.29) is 49.6 Å². The number of amides is 2. The Kier molecular flexibility index (Phi) is 6.16. The van der Waals surface area contributed by atoms with E-state index < -0.39 is 11.9 Å². The Labute approximate surface area is 140 Å². The van der Waals surface area contributed by atoms with E-state index in [2.05, 4.69) is 0 Å². The molecular weight excluding hydrogens is 316 g/mol. The molecule has 0 aromatic heterocycles. The van der Waals surface area contributed by atoms with Gasteiger partial charge in [0, 0.05) is 38.5 Å². The quantitative estimate of drug-likeness (QED) is 0.695. The lowest BCUT2D eigenvalue weighted by molar-refractivity contribution is -0.146. The van der Waals surface area contributed by atoms with E-state index in [0.717, 1.165) is 0 Å². The number of nitrogens with zero attached hydrogens (tertiary/aromatic N) is 2. The zero-order valence-corrected chi connectivity index (χ0v) is 13.9. The molecule has 2 rings (SSSR count). The maximum atomic E-state index is 12.1. The largest absolute Gasteiger partial charge is 0.481 e. The van der Waals surface area contributed by atoms with Crippen molar-refractivity contribution < 1.29 is 29.0 Å². The molecule has 0 saturated carbocycles. The average molecular weight is 340 g/mol. The molecule has 0 aliphatic carbocycles. The Morgan fingerprint density at radius 1 is 1.21 bits per heavy atom. The van der Waals surface area contributed by atoms with Crippen LogP contribution in [-0.4, -0.2) is 70.9 Å². The van der Waals surface area contributed by atoms with Crippen LogP contribution in [0.2, 0.25) is 0 Å². The minimum Gasteiger partial charge on any atom is -0.481 e. The number of rotatable bonds is 6. The van der Waals surface area contributed by atoms with Crippen molar-refractivity contribution in [2.75, 3.05) is 26.2 Å². The van der Waals surface area contributed by atoms with Gasteiger partial charge in [0.1, 0.15) is 0 Å². The summed E-state index contributed by atoms with van der Waals surface area (Å²) in [7, 11) is 0. The molecule has 2 aliphatic heterocycles. The van der Waals surface area contributed by atoms with Gasteiger partial charge in [0.25, 0.3) is 0 Å². The third-order valence-electron chi connectivity index (χ3n) is 4.61. The predicted octanol–water partition coefficient (Wildman–Crippen LogP) is 0.254. The number of hydrogen-bond acceptors (Lipinski definition) is 5. The summed E-state index contributed by atoms with van der Waals surface area (Å²) in [4.78, 5) is 49.7. The highest BCUT2D eigenvalue weighted by molar-refractivity contribution is 5.86. The lowest BCUT2D eigenvalue weighted by atomic mass is 10.0. The minimum atomic E-state index is -0.933. The first-order valence-corrected chi connectivity index (χ1v) is 8.38. The van der Waals surface area contributed by atoms with Crippen molar-refractivity contribution in [3.05, 3.63) is 0 Å². The molecule has 1 N–H and O–H groups in total. The van der Waals surface area contributed by atoms with Crippen molar-refractivity contribution in [3.63, 3.8) is 0 Å². The molecule has 24 heavy (non-hydrogen) atoms. The van der Waals surface area contributed by atoms with Crippen molar-refractivity contribution in [1.82, 2.24) is 9.80 Å². The van der Waals surface area contributed by atoms with E-state index >= 15 is 0 Å². The van der Waals surface area contributed by atoms with Crippen LogP contribution >= 0.6 is 0 Å². The SMILES string of the molecule is CCOC(=O)CCC(=O)N1CCC(N2CC(C(=O)O)CC2=O)CC1. The first-order chi connectivity index (χ1) is 11.4. The first kappa shape index (κ1) is 18.2. The molecule has 2 saturated heterocycles. The number of piperidine rings is 1. The van der Waals surface area contributed by atoms with Gasteiger partial charge in [-0.25, -0.2) is 0 Å². The second kappa shape index (κ2) is 8.12. The van der Waals surface area contributed by atoms with Crippen molar-refractivity contribution in [1.29, 1.82) is 0 Å². The molecule has 8 heteroatoms. The van der Waals surface area contributed by atoms with Crippen molar-refractivity contribution in [2.45, 2.75) is 45.1 Å². The Morgan fingerprint density at radius 2 is 1.88 bits per heavy atom. The molecule has 1 unspecified atom stereocenters. The molecule has 2 fully saturated rings. The Hall–Kier alpha value is -2.12. The Morgan fingerprint density at radius 3 is 2.42 bits per heavy atom. The Bertz CT molecular complexity index is 513. The number of ether oxygens (including phenoxy) is 1. The standard InChI is InChI=1S/C16H24N2O6/c1-2-24-15(21)4-3-13(19)17-7-5-12(6-8-17)18-10-11(16(22)23)9-14(18)20/h11-12H,2-10H2,1H3,(H,22,23). The van der Waals surface area contributed by atoms with Gasteiger partial charge in [-0.15, -0.1) is 0 Å². The van der Waals surface area contributed by atoms with Gasteiger partial charge in [0.2, 0.25) is 11.8 Å². The molecular formula is C16H24N2O6. The maximum Gasteiger partial charge on any atom is 0.308 e. The third kappa shape index (κ3) is 4.46. The van der Waals surface area contributed by atoms with E-state index in [4.69, 9.17) is 9.84 Å². The lowest BCUT2D eigenvalue weighted by Crippen LogP contribution is -2.47. The summed E-state index contributed by atoms with van der Waals surface area (Å²) in [6.07, 6.45) is 1.56. The Balaban J connectivity index is 1.77. The molecule has 8 nitrogen and oxygen atoms in total. The van der Waals surface area contributed by atoms with E-state index in [9.17, 15) is 19.2 Å². The summed E-state index contributed by atoms with van der Waals surface area (Å²) >= 11 is 0. The zero-order valence-electron chi connectivity index (χ0n) is 13.9. The molecule has 0 aromatic rings. The number of carbonyl (C=O) groups excluding carboxylic acids is 3. The molecule has 134 valence electrons. The van der Waals surface area contributed by atoms with Gasteiger partial charge < -0.3 is 19.6 Å². The molecule has 2 aliphatic rings. The van der Waals surface area contributed by atoms with Crippen LogP contribution in [0, 0.1) is 5.92 Å². The number of carboxylic acid groups (broad SMARTS) is 1. The van der Waals surface area contributed by atoms with Gasteiger partial charge in [-0.1, -0.05) is 0 Å². The van der Waals surface area contributed by atoms with Gasteiger partial charge in [-0.05, 0) is 19.8 Å². The monoisotopic (exact) mass is 340 g/mol. The van der Waals surface area contributed by atoms with Gasteiger partial charge in [-0.2, -0.15) is 0 Å². The fraction of sp³-hybridized carbons (Fsp3) is 0.750. The van der Waals surface area contributed by atoms with E-state index in [0.29, 0.717) is 32.5 Å². The van der Waals surface area contributed by atoms with Crippen LogP contribution in [0.4, 0.5) is 0 Å². The fourth-order valence-electron chi connectivity index (χ4n) is 3.28. The summed E-state index contributed by atoms with van der Waals surface area (Å²) in [6.45, 7) is 3.33. The van der Waals surface area contributed by atoms with Crippen LogP contribution in [-0.2, 0) is 23.9 Å². The third-order valence-corrected chi connectivity index (χ3v) is 4.61. The predicted molar refractivity (Wildman–Crippen MR) is 82.9 cm³/mol. The summed E-state index contributed by atoms with van der Waals surface area (Å²) in [6, 6.07) is -0.00374. The number of carboxylic acids is 1. The van der Waals surface area contributed by atoms with E-state index in [1.807, 2.05) is 0 Å². The number of carbonyl (C=O) groups is 4. The van der Waals surface area contributed by atoms with Crippen LogP contribution in [0.25, 0.3) is 0 Å². The average Bonchev–Trinajstić information content (AvgIpc) is 2.95. The molecule has 0 bridgehead atoms. The molecule has 0 radical (unpaired) electrons. The molecule has 1 atom stereocenters. The number of likely N-dealkylation sites (tertiary alicyclic amines) is 2. The fourth-order valence-corrected chi connectivity index (χ4v) is 3.28. The number of hydrogen-bond donors (Lipinski definition) is 1. The van der Waals surface area contributed by atoms with Gasteiger partial charge in [0.15, 0.2) is 0 Å². The summed E-state index contributed by atoms with van der Waals surface area (Å²) < 4.78 is 4.80. The maximum absolute atomic E-state index is 12.1. The highest BCUT2D eigenvalue weighted by Crippen LogP contribution is 2.26. The second-order valence-electron chi connectivity index (χ2n) is 6.20. The molecule has 2 amide bonds. The summed E-state index contributed by atoms with van der Waals surface area (Å²) in [5.41, 5.74) is 0. The van der Waals surface area contributed by atoms with Crippen LogP contribution < -0.4 is 0 Å². The van der Waals surface area contributed by atoms with Crippen molar-refractivity contribution >= 4 is 23.8 Å². The van der Waals surface area contributed by atoms with Crippen LogP contribution in [0.3, 0.4) is 0 Å². The molecule has 0 aromatic carbocycles. The normalized spacial score (nSPS) is 21.9. The minimum absolute atomic E-state index is 0.00374. The molecule has 0 spiro atoms. The van der Waals surface area contributed by atoms with Crippen LogP contribution in [0.1, 0.15) is 39.0 Å². The van der Waals surface area contributed by atoms with Crippen molar-refractivity contribution in [2.24, 2.45) is 5.92 Å². The summed E-state index contributed by atoms with van der Waals surface area (Å²) in [5, 5.41) is 9.03. The first-order valence-electron chi connectivity index (χ1n) is 8.38. The molecule has 2 heterocycles. The number of esters is 1. The van der Waals surface area contributed by atoms with Gasteiger partial charge in [0.05, 0.1) is 18.9 Å². The van der Waals surface area contributed by atoms with E-state index in [1.165, 1.54) is 0 Å². The highest BCUT2D eigenvalue weighted by atomic mass is 16.5. The van der Waals surface area contributed by atoms with Gasteiger partial charge >= 0.3 is 11.9 Å². The second-order valence-corrected chi connectivity index (χ2v) is 6.20. The lowest BCUT2D eigenvalue weighted by Gasteiger charge is -2.36.